The van der Waals surface area contributed by atoms with Gasteiger partial charge < -0.3 is 15.7 Å². The number of hydrogen-bond donors (Lipinski definition) is 3. The third kappa shape index (κ3) is 5.74. The molecule has 1 aromatic heterocycles. The molecular formula is C19H28N4O4. The van der Waals surface area contributed by atoms with Crippen LogP contribution in [0.3, 0.4) is 0 Å². The number of hydrogen-bond acceptors (Lipinski definition) is 5. The number of carbonyl (C=O) groups excluding carboxylic acids is 2. The molecule has 148 valence electrons. The molecule has 8 nitrogen and oxygen atoms in total. The van der Waals surface area contributed by atoms with Crippen LogP contribution in [-0.4, -0.2) is 44.9 Å². The van der Waals surface area contributed by atoms with Gasteiger partial charge >= 0.3 is 5.97 Å². The highest BCUT2D eigenvalue weighted by Crippen LogP contribution is 2.27. The van der Waals surface area contributed by atoms with Crippen LogP contribution < -0.4 is 10.6 Å². The Morgan fingerprint density at radius 3 is 2.30 bits per heavy atom. The van der Waals surface area contributed by atoms with Gasteiger partial charge in [0.15, 0.2) is 0 Å². The molecule has 1 aliphatic carbocycles. The summed E-state index contributed by atoms with van der Waals surface area (Å²) in [4.78, 5) is 44.9. The summed E-state index contributed by atoms with van der Waals surface area (Å²) in [5.74, 6) is -2.09. The van der Waals surface area contributed by atoms with E-state index in [4.69, 9.17) is 0 Å². The predicted octanol–water partition coefficient (Wildman–Crippen LogP) is 1.77. The lowest BCUT2D eigenvalue weighted by molar-refractivity contribution is -0.145. The normalized spacial score (nSPS) is 17.6. The fourth-order valence-electron chi connectivity index (χ4n) is 3.38. The zero-order valence-corrected chi connectivity index (χ0v) is 16.1. The molecule has 0 spiro atoms. The Morgan fingerprint density at radius 1 is 1.11 bits per heavy atom. The summed E-state index contributed by atoms with van der Waals surface area (Å²) in [6.45, 7) is 5.25. The quantitative estimate of drug-likeness (QED) is 0.696. The lowest BCUT2D eigenvalue weighted by Crippen LogP contribution is -2.57. The van der Waals surface area contributed by atoms with Gasteiger partial charge in [0.05, 0.1) is 6.20 Å². The van der Waals surface area contributed by atoms with Gasteiger partial charge in [-0.1, -0.05) is 40.0 Å². The topological polar surface area (TPSA) is 121 Å². The second-order valence-electron chi connectivity index (χ2n) is 8.09. The van der Waals surface area contributed by atoms with E-state index < -0.39 is 35.3 Å². The molecule has 2 atom stereocenters. The van der Waals surface area contributed by atoms with Crippen LogP contribution in [0, 0.1) is 11.3 Å². The van der Waals surface area contributed by atoms with E-state index in [1.807, 2.05) is 0 Å². The summed E-state index contributed by atoms with van der Waals surface area (Å²) >= 11 is 0. The maximum Gasteiger partial charge on any atom is 0.326 e. The Bertz CT molecular complexity index is 666. The highest BCUT2D eigenvalue weighted by molar-refractivity contribution is 5.96. The molecule has 1 fully saturated rings. The highest BCUT2D eigenvalue weighted by Gasteiger charge is 2.37. The molecule has 0 radical (unpaired) electrons. The molecule has 0 saturated heterocycles. The standard InChI is InChI=1S/C19H28N4O4/c1-19(2,3)15(18(26)27)23-17(25)14(12-7-5-4-6-8-12)22-16(24)13-11-20-9-10-21-13/h9-12,14-15H,4-8H2,1-3H3,(H,22,24)(H,23,25)(H,26,27)/t14-,15+/m0/s1. The second kappa shape index (κ2) is 8.92. The van der Waals surface area contributed by atoms with E-state index in [1.165, 1.54) is 18.6 Å². The molecule has 1 aromatic rings. The van der Waals surface area contributed by atoms with Crippen LogP contribution in [-0.2, 0) is 9.59 Å². The summed E-state index contributed by atoms with van der Waals surface area (Å²) in [5.41, 5.74) is -0.537. The summed E-state index contributed by atoms with van der Waals surface area (Å²) in [6, 6.07) is -1.85. The maximum absolute atomic E-state index is 12.9. The minimum Gasteiger partial charge on any atom is -0.480 e. The lowest BCUT2D eigenvalue weighted by Gasteiger charge is -2.33. The Kier molecular flexibility index (Phi) is 6.87. The average molecular weight is 376 g/mol. The van der Waals surface area contributed by atoms with Crippen LogP contribution in [0.2, 0.25) is 0 Å². The van der Waals surface area contributed by atoms with Gasteiger partial charge in [0.1, 0.15) is 17.8 Å². The number of carbonyl (C=O) groups is 3. The van der Waals surface area contributed by atoms with E-state index in [-0.39, 0.29) is 11.6 Å². The Hall–Kier alpha value is -2.51. The maximum atomic E-state index is 12.9. The SMILES string of the molecule is CC(C)(C)[C@H](NC(=O)[C@@H](NC(=O)c1cnccn1)C1CCCCC1)C(=O)O. The zero-order chi connectivity index (χ0) is 20.0. The van der Waals surface area contributed by atoms with Crippen molar-refractivity contribution in [3.63, 3.8) is 0 Å². The summed E-state index contributed by atoms with van der Waals surface area (Å²) in [6.07, 6.45) is 8.89. The van der Waals surface area contributed by atoms with Crippen LogP contribution in [0.15, 0.2) is 18.6 Å². The zero-order valence-electron chi connectivity index (χ0n) is 16.1. The van der Waals surface area contributed by atoms with E-state index in [2.05, 4.69) is 20.6 Å². The van der Waals surface area contributed by atoms with Gasteiger partial charge in [-0.2, -0.15) is 0 Å². The van der Waals surface area contributed by atoms with E-state index in [1.54, 1.807) is 20.8 Å². The fourth-order valence-corrected chi connectivity index (χ4v) is 3.38. The van der Waals surface area contributed by atoms with E-state index >= 15 is 0 Å². The third-order valence-electron chi connectivity index (χ3n) is 4.89. The number of nitrogens with zero attached hydrogens (tertiary/aromatic N) is 2. The first-order valence-electron chi connectivity index (χ1n) is 9.30. The molecule has 1 saturated carbocycles. The van der Waals surface area contributed by atoms with E-state index in [0.29, 0.717) is 0 Å². The number of nitrogens with one attached hydrogen (secondary N) is 2. The second-order valence-corrected chi connectivity index (χ2v) is 8.09. The molecule has 0 bridgehead atoms. The summed E-state index contributed by atoms with van der Waals surface area (Å²) in [7, 11) is 0. The fraction of sp³-hybridized carbons (Fsp3) is 0.632. The summed E-state index contributed by atoms with van der Waals surface area (Å²) in [5, 5.41) is 14.9. The number of aromatic nitrogens is 2. The predicted molar refractivity (Wildman–Crippen MR) is 98.9 cm³/mol. The molecule has 0 aromatic carbocycles. The Morgan fingerprint density at radius 2 is 1.78 bits per heavy atom. The van der Waals surface area contributed by atoms with Crippen LogP contribution in [0.4, 0.5) is 0 Å². The van der Waals surface area contributed by atoms with Crippen LogP contribution in [0.25, 0.3) is 0 Å². The molecule has 0 aliphatic heterocycles. The number of aliphatic carboxylic acids is 1. The number of carboxylic acid groups (broad SMARTS) is 1. The van der Waals surface area contributed by atoms with Gasteiger partial charge in [-0.3, -0.25) is 14.6 Å². The third-order valence-corrected chi connectivity index (χ3v) is 4.89. The van der Waals surface area contributed by atoms with Crippen molar-refractivity contribution in [1.82, 2.24) is 20.6 Å². The largest absolute Gasteiger partial charge is 0.480 e. The summed E-state index contributed by atoms with van der Waals surface area (Å²) < 4.78 is 0. The van der Waals surface area contributed by atoms with Crippen molar-refractivity contribution in [1.29, 1.82) is 0 Å². The molecule has 2 amide bonds. The molecule has 2 rings (SSSR count). The van der Waals surface area contributed by atoms with Gasteiger partial charge in [0.25, 0.3) is 5.91 Å². The van der Waals surface area contributed by atoms with Gasteiger partial charge in [-0.15, -0.1) is 0 Å². The molecular weight excluding hydrogens is 348 g/mol. The Labute approximate surface area is 159 Å². The minimum absolute atomic E-state index is 0.0335. The van der Waals surface area contributed by atoms with Crippen molar-refractivity contribution >= 4 is 17.8 Å². The first kappa shape index (κ1) is 20.8. The van der Waals surface area contributed by atoms with Crippen LogP contribution >= 0.6 is 0 Å². The minimum atomic E-state index is -1.10. The van der Waals surface area contributed by atoms with Crippen molar-refractivity contribution < 1.29 is 19.5 Å². The molecule has 1 aliphatic rings. The first-order valence-corrected chi connectivity index (χ1v) is 9.30. The van der Waals surface area contributed by atoms with Gasteiger partial charge in [0.2, 0.25) is 5.91 Å². The van der Waals surface area contributed by atoms with Gasteiger partial charge in [-0.25, -0.2) is 9.78 Å². The van der Waals surface area contributed by atoms with Gasteiger partial charge in [-0.05, 0) is 24.2 Å². The highest BCUT2D eigenvalue weighted by atomic mass is 16.4. The lowest BCUT2D eigenvalue weighted by atomic mass is 9.82. The smallest absolute Gasteiger partial charge is 0.326 e. The van der Waals surface area contributed by atoms with Gasteiger partial charge in [0, 0.05) is 12.4 Å². The van der Waals surface area contributed by atoms with E-state index in [9.17, 15) is 19.5 Å². The van der Waals surface area contributed by atoms with Crippen molar-refractivity contribution in [2.75, 3.05) is 0 Å². The van der Waals surface area contributed by atoms with Crippen LogP contribution in [0.1, 0.15) is 63.4 Å². The van der Waals surface area contributed by atoms with Crippen molar-refractivity contribution in [2.24, 2.45) is 11.3 Å². The van der Waals surface area contributed by atoms with Crippen molar-refractivity contribution in [3.05, 3.63) is 24.3 Å². The number of carboxylic acids is 1. The molecule has 3 N–H and O–H groups in total. The molecule has 1 heterocycles. The average Bonchev–Trinajstić information content (AvgIpc) is 2.64. The molecule has 0 unspecified atom stereocenters. The number of amides is 2. The number of rotatable bonds is 6. The molecule has 27 heavy (non-hydrogen) atoms. The van der Waals surface area contributed by atoms with Crippen LogP contribution in [0.5, 0.6) is 0 Å². The van der Waals surface area contributed by atoms with Crippen molar-refractivity contribution in [3.8, 4) is 0 Å². The Balaban J connectivity index is 2.19. The van der Waals surface area contributed by atoms with Crippen molar-refractivity contribution in [2.45, 2.75) is 65.0 Å². The van der Waals surface area contributed by atoms with E-state index in [0.717, 1.165) is 32.1 Å². The first-order chi connectivity index (χ1) is 12.7. The molecule has 8 heteroatoms. The monoisotopic (exact) mass is 376 g/mol.